The van der Waals surface area contributed by atoms with Crippen molar-refractivity contribution in [2.45, 2.75) is 26.3 Å². The number of halogens is 1. The second-order valence-corrected chi connectivity index (χ2v) is 4.87. The number of ether oxygens (including phenoxy) is 1. The lowest BCUT2D eigenvalue weighted by molar-refractivity contribution is 0.136. The number of hydrogen-bond donors (Lipinski definition) is 1. The first-order valence-electron chi connectivity index (χ1n) is 5.32. The Morgan fingerprint density at radius 3 is 2.80 bits per heavy atom. The molecule has 2 nitrogen and oxygen atoms in total. The fourth-order valence-corrected chi connectivity index (χ4v) is 3.13. The van der Waals surface area contributed by atoms with Gasteiger partial charge in [0.2, 0.25) is 0 Å². The van der Waals surface area contributed by atoms with Gasteiger partial charge in [0.15, 0.2) is 0 Å². The van der Waals surface area contributed by atoms with Crippen molar-refractivity contribution in [2.75, 3.05) is 19.8 Å². The summed E-state index contributed by atoms with van der Waals surface area (Å²) < 4.78 is 6.60. The molecule has 0 saturated heterocycles. The van der Waals surface area contributed by atoms with Gasteiger partial charge in [0.05, 0.1) is 0 Å². The highest BCUT2D eigenvalue weighted by atomic mass is 79.9. The van der Waals surface area contributed by atoms with E-state index < -0.39 is 0 Å². The monoisotopic (exact) mass is 291 g/mol. The average Bonchev–Trinajstić information content (AvgIpc) is 2.64. The maximum Gasteiger partial charge on any atom is 0.0484 e. The van der Waals surface area contributed by atoms with E-state index in [0.29, 0.717) is 6.04 Å². The van der Waals surface area contributed by atoms with Crippen LogP contribution < -0.4 is 5.32 Å². The third-order valence-electron chi connectivity index (χ3n) is 2.22. The van der Waals surface area contributed by atoms with E-state index in [4.69, 9.17) is 4.74 Å². The zero-order chi connectivity index (χ0) is 11.1. The normalized spacial score (nSPS) is 13.0. The Hall–Kier alpha value is 0.100. The summed E-state index contributed by atoms with van der Waals surface area (Å²) >= 11 is 5.31. The molecule has 0 aliphatic rings. The third kappa shape index (κ3) is 4.23. The molecule has 0 amide bonds. The lowest BCUT2D eigenvalue weighted by Crippen LogP contribution is -2.22. The van der Waals surface area contributed by atoms with Crippen molar-refractivity contribution in [2.24, 2.45) is 0 Å². The van der Waals surface area contributed by atoms with Crippen molar-refractivity contribution in [3.8, 4) is 0 Å². The van der Waals surface area contributed by atoms with Crippen molar-refractivity contribution < 1.29 is 4.74 Å². The van der Waals surface area contributed by atoms with Gasteiger partial charge in [0.25, 0.3) is 0 Å². The minimum atomic E-state index is 0.405. The Morgan fingerprint density at radius 2 is 2.27 bits per heavy atom. The van der Waals surface area contributed by atoms with E-state index in [1.54, 1.807) is 11.3 Å². The summed E-state index contributed by atoms with van der Waals surface area (Å²) in [6, 6.07) is 0.405. The summed E-state index contributed by atoms with van der Waals surface area (Å²) in [6.07, 6.45) is 1.02. The quantitative estimate of drug-likeness (QED) is 0.775. The molecule has 0 aliphatic carbocycles. The molecular weight excluding hydrogens is 274 g/mol. The van der Waals surface area contributed by atoms with Gasteiger partial charge in [-0.3, -0.25) is 0 Å². The van der Waals surface area contributed by atoms with Gasteiger partial charge < -0.3 is 10.1 Å². The lowest BCUT2D eigenvalue weighted by Gasteiger charge is -2.17. The van der Waals surface area contributed by atoms with Crippen molar-refractivity contribution >= 4 is 27.3 Å². The second kappa shape index (κ2) is 7.39. The van der Waals surface area contributed by atoms with Crippen LogP contribution in [0.3, 0.4) is 0 Å². The van der Waals surface area contributed by atoms with E-state index in [1.807, 2.05) is 6.92 Å². The highest BCUT2D eigenvalue weighted by molar-refractivity contribution is 9.10. The smallest absolute Gasteiger partial charge is 0.0484 e. The summed E-state index contributed by atoms with van der Waals surface area (Å²) in [5.74, 6) is 0. The van der Waals surface area contributed by atoms with Crippen molar-refractivity contribution in [3.63, 3.8) is 0 Å². The van der Waals surface area contributed by atoms with Crippen LogP contribution in [0.15, 0.2) is 15.2 Å². The molecule has 0 aromatic carbocycles. The van der Waals surface area contributed by atoms with Gasteiger partial charge in [-0.2, -0.15) is 11.3 Å². The summed E-state index contributed by atoms with van der Waals surface area (Å²) in [5.41, 5.74) is 1.35. The lowest BCUT2D eigenvalue weighted by atomic mass is 10.1. The van der Waals surface area contributed by atoms with Crippen LogP contribution in [-0.2, 0) is 4.74 Å². The topological polar surface area (TPSA) is 21.3 Å². The molecule has 1 aromatic heterocycles. The Bertz CT molecular complexity index is 277. The molecule has 1 rings (SSSR count). The number of rotatable bonds is 7. The molecule has 0 bridgehead atoms. The summed E-state index contributed by atoms with van der Waals surface area (Å²) in [4.78, 5) is 0. The van der Waals surface area contributed by atoms with Gasteiger partial charge in [-0.05, 0) is 46.8 Å². The van der Waals surface area contributed by atoms with Crippen molar-refractivity contribution in [1.29, 1.82) is 0 Å². The Balaban J connectivity index is 2.53. The predicted molar refractivity (Wildman–Crippen MR) is 69.5 cm³/mol. The highest BCUT2D eigenvalue weighted by Crippen LogP contribution is 2.29. The SMILES string of the molecule is CCNC(CCOCC)c1cscc1Br. The van der Waals surface area contributed by atoms with E-state index in [-0.39, 0.29) is 0 Å². The zero-order valence-corrected chi connectivity index (χ0v) is 11.7. The molecule has 0 aliphatic heterocycles. The molecule has 0 spiro atoms. The number of nitrogens with one attached hydrogen (secondary N) is 1. The zero-order valence-electron chi connectivity index (χ0n) is 9.25. The largest absolute Gasteiger partial charge is 0.382 e. The molecule has 4 heteroatoms. The van der Waals surface area contributed by atoms with Crippen LogP contribution in [0.2, 0.25) is 0 Å². The fourth-order valence-electron chi connectivity index (χ4n) is 1.50. The molecule has 0 saturated carbocycles. The van der Waals surface area contributed by atoms with Crippen LogP contribution in [0.1, 0.15) is 31.9 Å². The third-order valence-corrected chi connectivity index (χ3v) is 3.97. The molecule has 0 fully saturated rings. The van der Waals surface area contributed by atoms with Crippen molar-refractivity contribution in [1.82, 2.24) is 5.32 Å². The van der Waals surface area contributed by atoms with E-state index in [2.05, 4.69) is 38.9 Å². The first-order chi connectivity index (χ1) is 7.29. The summed E-state index contributed by atoms with van der Waals surface area (Å²) in [7, 11) is 0. The van der Waals surface area contributed by atoms with Gasteiger partial charge in [0.1, 0.15) is 0 Å². The summed E-state index contributed by atoms with van der Waals surface area (Å²) in [5, 5.41) is 7.80. The standard InChI is InChI=1S/C11H18BrNOS/c1-3-13-11(5-6-14-4-2)9-7-15-8-10(9)12/h7-8,11,13H,3-6H2,1-2H3. The van der Waals surface area contributed by atoms with E-state index >= 15 is 0 Å². The van der Waals surface area contributed by atoms with E-state index in [9.17, 15) is 0 Å². The minimum absolute atomic E-state index is 0.405. The van der Waals surface area contributed by atoms with E-state index in [0.717, 1.165) is 26.2 Å². The van der Waals surface area contributed by atoms with Crippen LogP contribution in [0.25, 0.3) is 0 Å². The average molecular weight is 292 g/mol. The predicted octanol–water partition coefficient (Wildman–Crippen LogP) is 3.59. The summed E-state index contributed by atoms with van der Waals surface area (Å²) in [6.45, 7) is 6.76. The van der Waals surface area contributed by atoms with Crippen LogP contribution in [0.4, 0.5) is 0 Å². The van der Waals surface area contributed by atoms with Crippen LogP contribution in [0.5, 0.6) is 0 Å². The molecule has 86 valence electrons. The minimum Gasteiger partial charge on any atom is -0.382 e. The van der Waals surface area contributed by atoms with Gasteiger partial charge in [0, 0.05) is 29.1 Å². The van der Waals surface area contributed by atoms with Gasteiger partial charge in [-0.1, -0.05) is 6.92 Å². The molecule has 1 heterocycles. The van der Waals surface area contributed by atoms with Crippen LogP contribution in [-0.4, -0.2) is 19.8 Å². The van der Waals surface area contributed by atoms with Gasteiger partial charge in [-0.15, -0.1) is 0 Å². The van der Waals surface area contributed by atoms with Gasteiger partial charge >= 0.3 is 0 Å². The Morgan fingerprint density at radius 1 is 1.47 bits per heavy atom. The molecule has 15 heavy (non-hydrogen) atoms. The molecule has 1 aromatic rings. The molecule has 1 N–H and O–H groups in total. The van der Waals surface area contributed by atoms with Gasteiger partial charge in [-0.25, -0.2) is 0 Å². The second-order valence-electron chi connectivity index (χ2n) is 3.27. The molecule has 0 radical (unpaired) electrons. The maximum absolute atomic E-state index is 5.40. The van der Waals surface area contributed by atoms with Crippen LogP contribution >= 0.6 is 27.3 Å². The fraction of sp³-hybridized carbons (Fsp3) is 0.636. The highest BCUT2D eigenvalue weighted by Gasteiger charge is 2.13. The number of hydrogen-bond acceptors (Lipinski definition) is 3. The number of thiophene rings is 1. The first-order valence-corrected chi connectivity index (χ1v) is 7.05. The van der Waals surface area contributed by atoms with Crippen LogP contribution in [0, 0.1) is 0 Å². The Labute approximate surface area is 104 Å². The van der Waals surface area contributed by atoms with Crippen molar-refractivity contribution in [3.05, 3.63) is 20.8 Å². The molecule has 1 atom stereocenters. The molecular formula is C11H18BrNOS. The Kier molecular flexibility index (Phi) is 6.48. The van der Waals surface area contributed by atoms with E-state index in [1.165, 1.54) is 10.0 Å². The first kappa shape index (κ1) is 13.2. The maximum atomic E-state index is 5.40. The molecule has 1 unspecified atom stereocenters.